The van der Waals surface area contributed by atoms with E-state index in [-0.39, 0.29) is 0 Å². The second-order valence-corrected chi connectivity index (χ2v) is 5.97. The van der Waals surface area contributed by atoms with E-state index >= 15 is 0 Å². The molecule has 3 nitrogen and oxygen atoms in total. The molecule has 0 fully saturated rings. The Morgan fingerprint density at radius 1 is 1.05 bits per heavy atom. The molecule has 2 aromatic rings. The van der Waals surface area contributed by atoms with Gasteiger partial charge in [0.2, 0.25) is 0 Å². The molecule has 2 aromatic carbocycles. The molecule has 1 unspecified atom stereocenters. The summed E-state index contributed by atoms with van der Waals surface area (Å²) >= 11 is 9.35. The van der Waals surface area contributed by atoms with Crippen LogP contribution >= 0.6 is 27.5 Å². The Balaban J connectivity index is 2.59. The summed E-state index contributed by atoms with van der Waals surface area (Å²) < 4.78 is 11.4. The molecule has 0 saturated heterocycles. The highest BCUT2D eigenvalue weighted by Crippen LogP contribution is 2.43. The van der Waals surface area contributed by atoms with Crippen molar-refractivity contribution in [2.45, 2.75) is 12.5 Å². The van der Waals surface area contributed by atoms with Crippen LogP contribution in [0.25, 0.3) is 0 Å². The summed E-state index contributed by atoms with van der Waals surface area (Å²) in [5, 5.41) is 11.6. The van der Waals surface area contributed by atoms with Gasteiger partial charge < -0.3 is 14.6 Å². The zero-order valence-electron chi connectivity index (χ0n) is 12.0. The maximum absolute atomic E-state index is 11.0. The molecular formula is C16H16BrClO3. The highest BCUT2D eigenvalue weighted by molar-refractivity contribution is 9.10. The van der Waals surface area contributed by atoms with Gasteiger partial charge in [-0.2, -0.15) is 0 Å². The van der Waals surface area contributed by atoms with Gasteiger partial charge in [-0.15, -0.1) is 0 Å². The summed E-state index contributed by atoms with van der Waals surface area (Å²) in [4.78, 5) is 0. The molecule has 0 aromatic heterocycles. The van der Waals surface area contributed by atoms with Gasteiger partial charge in [0.05, 0.1) is 14.2 Å². The predicted molar refractivity (Wildman–Crippen MR) is 87.4 cm³/mol. The highest BCUT2D eigenvalue weighted by Gasteiger charge is 2.31. The largest absolute Gasteiger partial charge is 0.495 e. The third kappa shape index (κ3) is 3.03. The molecule has 1 N–H and O–H groups in total. The van der Waals surface area contributed by atoms with Gasteiger partial charge >= 0.3 is 0 Å². The lowest BCUT2D eigenvalue weighted by Gasteiger charge is -2.27. The topological polar surface area (TPSA) is 38.7 Å². The Bertz CT molecular complexity index is 639. The van der Waals surface area contributed by atoms with Crippen LogP contribution in [0.3, 0.4) is 0 Å². The van der Waals surface area contributed by atoms with Gasteiger partial charge in [-0.1, -0.05) is 23.7 Å². The Kier molecular flexibility index (Phi) is 4.81. The quantitative estimate of drug-likeness (QED) is 0.867. The van der Waals surface area contributed by atoms with E-state index in [1.54, 1.807) is 57.5 Å². The lowest BCUT2D eigenvalue weighted by molar-refractivity contribution is 0.0987. The molecule has 1 atom stereocenters. The lowest BCUT2D eigenvalue weighted by atomic mass is 9.87. The predicted octanol–water partition coefficient (Wildman–Crippen LogP) is 4.38. The van der Waals surface area contributed by atoms with E-state index in [4.69, 9.17) is 21.1 Å². The molecule has 0 aliphatic rings. The second-order valence-electron chi connectivity index (χ2n) is 4.74. The molecule has 0 aliphatic heterocycles. The summed E-state index contributed by atoms with van der Waals surface area (Å²) in [7, 11) is 3.14. The molecule has 0 spiro atoms. The number of benzene rings is 2. The number of halogens is 2. The van der Waals surface area contributed by atoms with Crippen molar-refractivity contribution in [3.05, 3.63) is 57.0 Å². The minimum absolute atomic E-state index is 0.536. The Labute approximate surface area is 137 Å². The van der Waals surface area contributed by atoms with Crippen LogP contribution < -0.4 is 9.47 Å². The van der Waals surface area contributed by atoms with E-state index in [0.29, 0.717) is 26.6 Å². The van der Waals surface area contributed by atoms with E-state index < -0.39 is 5.60 Å². The normalized spacial score (nSPS) is 13.6. The van der Waals surface area contributed by atoms with Crippen LogP contribution in [0.2, 0.25) is 5.02 Å². The minimum Gasteiger partial charge on any atom is -0.495 e. The van der Waals surface area contributed by atoms with E-state index in [1.165, 1.54) is 0 Å². The molecule has 0 radical (unpaired) electrons. The third-order valence-corrected chi connectivity index (χ3v) is 4.42. The minimum atomic E-state index is -1.22. The van der Waals surface area contributed by atoms with Crippen molar-refractivity contribution in [3.8, 4) is 11.5 Å². The number of rotatable bonds is 4. The molecule has 2 rings (SSSR count). The molecule has 0 saturated carbocycles. The van der Waals surface area contributed by atoms with E-state index in [2.05, 4.69) is 15.9 Å². The van der Waals surface area contributed by atoms with Gasteiger partial charge in [-0.3, -0.25) is 0 Å². The number of ether oxygens (including phenoxy) is 2. The first kappa shape index (κ1) is 16.1. The summed E-state index contributed by atoms with van der Waals surface area (Å²) in [5.41, 5.74) is 0.146. The first-order valence-electron chi connectivity index (χ1n) is 6.31. The zero-order chi connectivity index (χ0) is 15.6. The fourth-order valence-electron chi connectivity index (χ4n) is 2.21. The van der Waals surface area contributed by atoms with Crippen molar-refractivity contribution in [2.75, 3.05) is 14.2 Å². The van der Waals surface area contributed by atoms with Crippen LogP contribution in [0.15, 0.2) is 40.9 Å². The maximum atomic E-state index is 11.0. The molecule has 112 valence electrons. The average Bonchev–Trinajstić information content (AvgIpc) is 2.47. The van der Waals surface area contributed by atoms with Crippen LogP contribution in [0.5, 0.6) is 11.5 Å². The molecule has 21 heavy (non-hydrogen) atoms. The van der Waals surface area contributed by atoms with Gasteiger partial charge in [0.1, 0.15) is 21.6 Å². The van der Waals surface area contributed by atoms with Gasteiger partial charge in [-0.25, -0.2) is 0 Å². The SMILES string of the molecule is COc1ccc(C(C)(O)c2ccc(Cl)cc2)c(OC)c1Br. The number of aliphatic hydroxyl groups is 1. The van der Waals surface area contributed by atoms with Crippen LogP contribution in [0.4, 0.5) is 0 Å². The number of hydrogen-bond acceptors (Lipinski definition) is 3. The average molecular weight is 372 g/mol. The van der Waals surface area contributed by atoms with Crippen molar-refractivity contribution < 1.29 is 14.6 Å². The summed E-state index contributed by atoms with van der Waals surface area (Å²) in [6.45, 7) is 1.72. The summed E-state index contributed by atoms with van der Waals surface area (Å²) in [5.74, 6) is 1.18. The van der Waals surface area contributed by atoms with Crippen molar-refractivity contribution >= 4 is 27.5 Å². The van der Waals surface area contributed by atoms with Crippen molar-refractivity contribution in [3.63, 3.8) is 0 Å². The summed E-state index contributed by atoms with van der Waals surface area (Å²) in [6.07, 6.45) is 0. The summed E-state index contributed by atoms with van der Waals surface area (Å²) in [6, 6.07) is 10.6. The fraction of sp³-hybridized carbons (Fsp3) is 0.250. The molecule has 0 aliphatic carbocycles. The molecule has 0 heterocycles. The third-order valence-electron chi connectivity index (χ3n) is 3.42. The van der Waals surface area contributed by atoms with E-state index in [0.717, 1.165) is 5.56 Å². The number of methoxy groups -OCH3 is 2. The van der Waals surface area contributed by atoms with Gasteiger partial charge in [0, 0.05) is 10.6 Å². The van der Waals surface area contributed by atoms with Crippen LogP contribution in [-0.4, -0.2) is 19.3 Å². The van der Waals surface area contributed by atoms with Crippen molar-refractivity contribution in [1.29, 1.82) is 0 Å². The molecule has 5 heteroatoms. The molecule has 0 bridgehead atoms. The number of hydrogen-bond donors (Lipinski definition) is 1. The van der Waals surface area contributed by atoms with Crippen LogP contribution in [0.1, 0.15) is 18.1 Å². The fourth-order valence-corrected chi connectivity index (χ4v) is 3.00. The Morgan fingerprint density at radius 3 is 2.19 bits per heavy atom. The van der Waals surface area contributed by atoms with Gasteiger partial charge in [-0.05, 0) is 52.7 Å². The van der Waals surface area contributed by atoms with E-state index in [1.807, 2.05) is 0 Å². The second kappa shape index (κ2) is 6.26. The highest BCUT2D eigenvalue weighted by atomic mass is 79.9. The van der Waals surface area contributed by atoms with Crippen LogP contribution in [0, 0.1) is 0 Å². The van der Waals surface area contributed by atoms with Gasteiger partial charge in [0.25, 0.3) is 0 Å². The lowest BCUT2D eigenvalue weighted by Crippen LogP contribution is -2.23. The molecular weight excluding hydrogens is 356 g/mol. The maximum Gasteiger partial charge on any atom is 0.143 e. The zero-order valence-corrected chi connectivity index (χ0v) is 14.3. The monoisotopic (exact) mass is 370 g/mol. The first-order valence-corrected chi connectivity index (χ1v) is 7.48. The molecule has 0 amide bonds. The van der Waals surface area contributed by atoms with Crippen LogP contribution in [-0.2, 0) is 5.60 Å². The van der Waals surface area contributed by atoms with Gasteiger partial charge in [0.15, 0.2) is 0 Å². The Morgan fingerprint density at radius 2 is 1.67 bits per heavy atom. The standard InChI is InChI=1S/C16H16BrClO3/c1-16(19,10-4-6-11(18)7-5-10)12-8-9-13(20-2)14(17)15(12)21-3/h4-9,19H,1-3H3. The smallest absolute Gasteiger partial charge is 0.143 e. The first-order chi connectivity index (χ1) is 9.91. The van der Waals surface area contributed by atoms with Crippen molar-refractivity contribution in [1.82, 2.24) is 0 Å². The van der Waals surface area contributed by atoms with E-state index in [9.17, 15) is 5.11 Å². The Hall–Kier alpha value is -1.23. The van der Waals surface area contributed by atoms with Crippen molar-refractivity contribution in [2.24, 2.45) is 0 Å².